The third-order valence-corrected chi connectivity index (χ3v) is 7.28. The summed E-state index contributed by atoms with van der Waals surface area (Å²) in [5, 5.41) is 10.8. The van der Waals surface area contributed by atoms with Crippen LogP contribution in [-0.4, -0.2) is 61.6 Å². The van der Waals surface area contributed by atoms with Gasteiger partial charge in [-0.15, -0.1) is 5.10 Å². The van der Waals surface area contributed by atoms with Crippen molar-refractivity contribution in [3.05, 3.63) is 46.5 Å². The first-order valence-electron chi connectivity index (χ1n) is 12.2. The lowest BCUT2D eigenvalue weighted by atomic mass is 9.87. The number of benzene rings is 1. The van der Waals surface area contributed by atoms with Crippen LogP contribution in [0.25, 0.3) is 0 Å². The molecule has 0 radical (unpaired) electrons. The minimum atomic E-state index is -0.696. The average Bonchev–Trinajstić information content (AvgIpc) is 3.39. The molecule has 1 atom stereocenters. The molecule has 9 nitrogen and oxygen atoms in total. The molecular formula is C25H31FN6O3. The third-order valence-electron chi connectivity index (χ3n) is 7.28. The molecule has 4 heterocycles. The van der Waals surface area contributed by atoms with Crippen molar-refractivity contribution in [2.24, 2.45) is 0 Å². The van der Waals surface area contributed by atoms with Crippen LogP contribution in [0.4, 0.5) is 4.39 Å². The Balaban J connectivity index is 1.24. The summed E-state index contributed by atoms with van der Waals surface area (Å²) in [6.07, 6.45) is 4.10. The number of carbonyl (C=O) groups excluding carboxylic acids is 3. The molecular weight excluding hydrogens is 451 g/mol. The van der Waals surface area contributed by atoms with Gasteiger partial charge in [-0.2, -0.15) is 0 Å². The fourth-order valence-electron chi connectivity index (χ4n) is 5.25. The van der Waals surface area contributed by atoms with Crippen molar-refractivity contribution in [3.63, 3.8) is 0 Å². The van der Waals surface area contributed by atoms with Crippen LogP contribution < -0.4 is 5.32 Å². The van der Waals surface area contributed by atoms with Crippen LogP contribution in [0.3, 0.4) is 0 Å². The molecule has 3 aliphatic rings. The molecule has 186 valence electrons. The Bertz CT molecular complexity index is 1180. The predicted octanol–water partition coefficient (Wildman–Crippen LogP) is 2.31. The molecule has 1 unspecified atom stereocenters. The van der Waals surface area contributed by atoms with E-state index in [2.05, 4.69) is 41.3 Å². The van der Waals surface area contributed by atoms with E-state index in [1.807, 2.05) is 16.9 Å². The average molecular weight is 483 g/mol. The quantitative estimate of drug-likeness (QED) is 0.672. The Labute approximate surface area is 203 Å². The van der Waals surface area contributed by atoms with Crippen molar-refractivity contribution in [3.8, 4) is 0 Å². The highest BCUT2D eigenvalue weighted by Gasteiger charge is 2.40. The fourth-order valence-corrected chi connectivity index (χ4v) is 5.25. The number of likely N-dealkylation sites (tertiary alicyclic amines) is 1. The van der Waals surface area contributed by atoms with E-state index in [0.29, 0.717) is 24.1 Å². The number of piperidine rings is 2. The number of hydrogen-bond acceptors (Lipinski definition) is 6. The molecule has 1 aromatic carbocycles. The smallest absolute Gasteiger partial charge is 0.255 e. The largest absolute Gasteiger partial charge is 0.322 e. The van der Waals surface area contributed by atoms with Gasteiger partial charge in [0.1, 0.15) is 11.9 Å². The van der Waals surface area contributed by atoms with Crippen molar-refractivity contribution in [1.82, 2.24) is 30.1 Å². The molecule has 35 heavy (non-hydrogen) atoms. The van der Waals surface area contributed by atoms with Crippen LogP contribution in [0.1, 0.15) is 79.6 Å². The molecule has 0 aliphatic carbocycles. The Hall–Kier alpha value is -3.14. The number of carbonyl (C=O) groups is 3. The zero-order valence-electron chi connectivity index (χ0n) is 20.4. The standard InChI is InChI=1S/C25H31FN6O3/c1-25(2,3)32-14-17(28-29-32)13-30-8-6-15(7-9-30)18-10-16-12-31(24(35)19(16)11-20(18)26)21-4-5-22(33)27-23(21)34/h10-11,14-15,21H,4-9,12-13H2,1-3H3,(H,27,33,34). The Morgan fingerprint density at radius 1 is 1.11 bits per heavy atom. The van der Waals surface area contributed by atoms with Crippen LogP contribution >= 0.6 is 0 Å². The van der Waals surface area contributed by atoms with Crippen molar-refractivity contribution >= 4 is 17.7 Å². The maximum atomic E-state index is 15.1. The van der Waals surface area contributed by atoms with Crippen molar-refractivity contribution < 1.29 is 18.8 Å². The first kappa shape index (κ1) is 23.6. The lowest BCUT2D eigenvalue weighted by Gasteiger charge is -2.32. The number of nitrogens with one attached hydrogen (secondary N) is 1. The molecule has 1 N–H and O–H groups in total. The second kappa shape index (κ2) is 8.82. The van der Waals surface area contributed by atoms with Crippen LogP contribution in [0.5, 0.6) is 0 Å². The molecule has 2 saturated heterocycles. The lowest BCUT2D eigenvalue weighted by molar-refractivity contribution is -0.136. The second-order valence-corrected chi connectivity index (χ2v) is 10.8. The van der Waals surface area contributed by atoms with Crippen molar-refractivity contribution in [2.45, 2.75) is 77.0 Å². The number of imide groups is 1. The first-order valence-corrected chi connectivity index (χ1v) is 12.2. The van der Waals surface area contributed by atoms with Gasteiger partial charge in [-0.05, 0) is 76.2 Å². The van der Waals surface area contributed by atoms with Crippen molar-refractivity contribution in [2.75, 3.05) is 13.1 Å². The molecule has 2 aromatic rings. The van der Waals surface area contributed by atoms with Gasteiger partial charge in [0.25, 0.3) is 5.91 Å². The molecule has 0 bridgehead atoms. The number of aromatic nitrogens is 3. The molecule has 10 heteroatoms. The topological polar surface area (TPSA) is 100 Å². The zero-order valence-corrected chi connectivity index (χ0v) is 20.4. The van der Waals surface area contributed by atoms with Crippen LogP contribution in [0.2, 0.25) is 0 Å². The fraction of sp³-hybridized carbons (Fsp3) is 0.560. The number of nitrogens with zero attached hydrogens (tertiary/aromatic N) is 5. The van der Waals surface area contributed by atoms with Gasteiger partial charge in [-0.25, -0.2) is 9.07 Å². The lowest BCUT2D eigenvalue weighted by Crippen LogP contribution is -2.52. The van der Waals surface area contributed by atoms with Gasteiger partial charge < -0.3 is 4.90 Å². The molecule has 0 saturated carbocycles. The summed E-state index contributed by atoms with van der Waals surface area (Å²) >= 11 is 0. The van der Waals surface area contributed by atoms with E-state index in [1.165, 1.54) is 11.0 Å². The van der Waals surface area contributed by atoms with Gasteiger partial charge in [0, 0.05) is 25.1 Å². The van der Waals surface area contributed by atoms with Gasteiger partial charge in [0.2, 0.25) is 11.8 Å². The van der Waals surface area contributed by atoms with Gasteiger partial charge in [0.15, 0.2) is 0 Å². The highest BCUT2D eigenvalue weighted by atomic mass is 19.1. The van der Waals surface area contributed by atoms with E-state index < -0.39 is 11.9 Å². The van der Waals surface area contributed by atoms with Gasteiger partial charge >= 0.3 is 0 Å². The second-order valence-electron chi connectivity index (χ2n) is 10.8. The first-order chi connectivity index (χ1) is 16.6. The summed E-state index contributed by atoms with van der Waals surface area (Å²) in [6, 6.07) is 2.44. The summed E-state index contributed by atoms with van der Waals surface area (Å²) < 4.78 is 17.0. The van der Waals surface area contributed by atoms with Crippen LogP contribution in [-0.2, 0) is 28.2 Å². The summed E-state index contributed by atoms with van der Waals surface area (Å²) in [4.78, 5) is 40.4. The van der Waals surface area contributed by atoms with Gasteiger partial charge in [-0.1, -0.05) is 11.3 Å². The summed E-state index contributed by atoms with van der Waals surface area (Å²) in [7, 11) is 0. The molecule has 1 aromatic heterocycles. The SMILES string of the molecule is CC(C)(C)n1cc(CN2CCC(c3cc4c(cc3F)C(=O)N(C3CCC(=O)NC3=O)C4)CC2)nn1. The normalized spacial score (nSPS) is 22.0. The molecule has 2 fully saturated rings. The van der Waals surface area contributed by atoms with Crippen molar-refractivity contribution in [1.29, 1.82) is 0 Å². The van der Waals surface area contributed by atoms with Gasteiger partial charge in [-0.3, -0.25) is 24.6 Å². The number of hydrogen-bond donors (Lipinski definition) is 1. The highest BCUT2D eigenvalue weighted by molar-refractivity contribution is 6.05. The number of fused-ring (bicyclic) bond motifs is 1. The predicted molar refractivity (Wildman–Crippen MR) is 125 cm³/mol. The minimum Gasteiger partial charge on any atom is -0.322 e. The number of halogens is 1. The monoisotopic (exact) mass is 482 g/mol. The maximum Gasteiger partial charge on any atom is 0.255 e. The van der Waals surface area contributed by atoms with E-state index in [0.717, 1.165) is 37.2 Å². The van der Waals surface area contributed by atoms with Gasteiger partial charge in [0.05, 0.1) is 17.4 Å². The molecule has 5 rings (SSSR count). The van der Waals surface area contributed by atoms with E-state index in [9.17, 15) is 14.4 Å². The Morgan fingerprint density at radius 2 is 1.86 bits per heavy atom. The Kier molecular flexibility index (Phi) is 5.94. The molecule has 0 spiro atoms. The Morgan fingerprint density at radius 3 is 2.51 bits per heavy atom. The van der Waals surface area contributed by atoms with E-state index in [4.69, 9.17) is 0 Å². The summed E-state index contributed by atoms with van der Waals surface area (Å²) in [5.74, 6) is -1.43. The summed E-state index contributed by atoms with van der Waals surface area (Å²) in [5.41, 5.74) is 2.51. The summed E-state index contributed by atoms with van der Waals surface area (Å²) in [6.45, 7) is 8.87. The van der Waals surface area contributed by atoms with E-state index in [1.54, 1.807) is 0 Å². The molecule has 3 amide bonds. The van der Waals surface area contributed by atoms with Crippen LogP contribution in [0.15, 0.2) is 18.3 Å². The van der Waals surface area contributed by atoms with Crippen LogP contribution in [0, 0.1) is 5.82 Å². The number of amides is 3. The third kappa shape index (κ3) is 4.59. The number of rotatable bonds is 4. The maximum absolute atomic E-state index is 15.1. The minimum absolute atomic E-state index is 0.0709. The van der Waals surface area contributed by atoms with E-state index >= 15 is 4.39 Å². The zero-order chi connectivity index (χ0) is 24.9. The molecule has 3 aliphatic heterocycles. The van der Waals surface area contributed by atoms with E-state index in [-0.39, 0.29) is 42.1 Å². The highest BCUT2D eigenvalue weighted by Crippen LogP contribution is 2.35.